The first-order chi connectivity index (χ1) is 19.5. The summed E-state index contributed by atoms with van der Waals surface area (Å²) in [6.45, 7) is 9.06. The molecule has 0 aliphatic carbocycles. The van der Waals surface area contributed by atoms with Crippen LogP contribution < -0.4 is 10.0 Å². The van der Waals surface area contributed by atoms with Gasteiger partial charge in [0.2, 0.25) is 0 Å². The number of carbonyl (C=O) groups excluding carboxylic acids is 1. The van der Waals surface area contributed by atoms with Gasteiger partial charge in [-0.05, 0) is 82.8 Å². The van der Waals surface area contributed by atoms with E-state index in [1.165, 1.54) is 6.42 Å². The predicted octanol–water partition coefficient (Wildman–Crippen LogP) is 5.30. The van der Waals surface area contributed by atoms with Crippen molar-refractivity contribution in [3.05, 3.63) is 68.7 Å². The first-order valence-electron chi connectivity index (χ1n) is 13.9. The minimum atomic E-state index is -0.602. The van der Waals surface area contributed by atoms with E-state index in [0.29, 0.717) is 34.6 Å². The molecule has 0 unspecified atom stereocenters. The molecule has 0 radical (unpaired) electrons. The Bertz CT molecular complexity index is 1550. The van der Waals surface area contributed by atoms with Gasteiger partial charge in [-0.25, -0.2) is 9.78 Å². The van der Waals surface area contributed by atoms with E-state index in [-0.39, 0.29) is 23.1 Å². The fraction of sp³-hybridized carbons (Fsp3) is 0.424. The smallest absolute Gasteiger partial charge is 0.338 e. The maximum Gasteiger partial charge on any atom is 0.338 e. The average molecular weight is 574 g/mol. The molecule has 3 aromatic rings. The Kier molecular flexibility index (Phi) is 9.24. The monoisotopic (exact) mass is 573 g/mol. The molecule has 2 aromatic carbocycles. The van der Waals surface area contributed by atoms with Crippen molar-refractivity contribution >= 4 is 34.2 Å². The Morgan fingerprint density at radius 3 is 2.29 bits per heavy atom. The fourth-order valence-corrected chi connectivity index (χ4v) is 5.55. The normalized spacial score (nSPS) is 14.4. The van der Waals surface area contributed by atoms with Gasteiger partial charge in [-0.2, -0.15) is 0 Å². The van der Waals surface area contributed by atoms with Gasteiger partial charge in [0, 0.05) is 24.7 Å². The summed E-state index contributed by atoms with van der Waals surface area (Å²) in [6.07, 6.45) is 15.2. The summed E-state index contributed by atoms with van der Waals surface area (Å²) in [5.74, 6) is 5.85. The molecule has 7 nitrogen and oxygen atoms in total. The van der Waals surface area contributed by atoms with Crippen LogP contribution in [0.5, 0.6) is 0 Å². The van der Waals surface area contributed by atoms with Crippen molar-refractivity contribution in [1.82, 2.24) is 18.9 Å². The van der Waals surface area contributed by atoms with Crippen LogP contribution in [0.15, 0.2) is 41.2 Å². The second-order valence-corrected chi connectivity index (χ2v) is 12.2. The summed E-state index contributed by atoms with van der Waals surface area (Å²) < 4.78 is 7.34. The summed E-state index contributed by atoms with van der Waals surface area (Å²) in [5.41, 5.74) is 1.85. The van der Waals surface area contributed by atoms with E-state index in [0.717, 1.165) is 43.0 Å². The molecule has 2 heterocycles. The molecule has 0 saturated carbocycles. The third kappa shape index (κ3) is 7.00. The lowest BCUT2D eigenvalue weighted by molar-refractivity contribution is 0.00694. The Balaban J connectivity index is 1.71. The molecule has 0 spiro atoms. The number of nitrogens with zero attached hydrogens (tertiary/aromatic N) is 4. The number of fused-ring (bicyclic) bond motifs is 1. The van der Waals surface area contributed by atoms with Crippen molar-refractivity contribution in [1.29, 1.82) is 0 Å². The Labute approximate surface area is 247 Å². The van der Waals surface area contributed by atoms with Crippen LogP contribution in [0.2, 0.25) is 5.02 Å². The molecule has 1 saturated heterocycles. The standard InChI is InChI=1S/C33H38ClN4O3/c1-7-18-38(19-8-2,26-14-12-24(13-15-26)32(40)41-33(3,4)5)23-25-20-27-29(21-28(25)34)35-30(36(6)31(27)39)22-37-16-10-9-11-17-37/h1-2,12-15,20-21H,9-11,16-19,22-23H2,3-6H3/q+1. The number of hydrogen-bond donors (Lipinski definition) is 0. The molecular weight excluding hydrogens is 536 g/mol. The lowest BCUT2D eigenvalue weighted by atomic mass is 10.1. The number of likely N-dealkylation sites (tertiary alicyclic amines) is 1. The van der Waals surface area contributed by atoms with Crippen LogP contribution in [0, 0.1) is 24.7 Å². The second-order valence-electron chi connectivity index (χ2n) is 11.8. The lowest BCUT2D eigenvalue weighted by Gasteiger charge is -2.35. The second kappa shape index (κ2) is 12.5. The largest absolute Gasteiger partial charge is 0.456 e. The van der Waals surface area contributed by atoms with Gasteiger partial charge in [-0.15, -0.1) is 12.8 Å². The third-order valence-electron chi connectivity index (χ3n) is 7.46. The zero-order chi connectivity index (χ0) is 29.8. The fourth-order valence-electron chi connectivity index (χ4n) is 5.33. The highest BCUT2D eigenvalue weighted by molar-refractivity contribution is 6.32. The molecule has 0 N–H and O–H groups in total. The Hall–Kier alpha value is -3.62. The molecule has 0 bridgehead atoms. The van der Waals surface area contributed by atoms with Crippen molar-refractivity contribution in [3.8, 4) is 24.7 Å². The number of rotatable bonds is 8. The number of aromatic nitrogens is 2. The quantitative estimate of drug-likeness (QED) is 0.208. The van der Waals surface area contributed by atoms with E-state index >= 15 is 0 Å². The van der Waals surface area contributed by atoms with Crippen molar-refractivity contribution < 1.29 is 9.53 Å². The third-order valence-corrected chi connectivity index (χ3v) is 7.81. The molecule has 8 heteroatoms. The number of hydrogen-bond acceptors (Lipinski definition) is 5. The van der Waals surface area contributed by atoms with Gasteiger partial charge < -0.3 is 4.74 Å². The van der Waals surface area contributed by atoms with Crippen LogP contribution in [0.4, 0.5) is 5.69 Å². The SMILES string of the molecule is C#CC[N+](CC#C)(Cc1cc2c(=O)n(C)c(CN3CCCCC3)nc2cc1Cl)c1ccc(C(=O)OC(C)(C)C)cc1. The number of esters is 1. The molecule has 0 atom stereocenters. The summed E-state index contributed by atoms with van der Waals surface area (Å²) in [7, 11) is 1.77. The Morgan fingerprint density at radius 2 is 1.71 bits per heavy atom. The number of halogens is 1. The highest BCUT2D eigenvalue weighted by Crippen LogP contribution is 2.31. The summed E-state index contributed by atoms with van der Waals surface area (Å²) in [4.78, 5) is 33.2. The zero-order valence-corrected chi connectivity index (χ0v) is 25.1. The summed E-state index contributed by atoms with van der Waals surface area (Å²) in [5, 5.41) is 0.984. The first kappa shape index (κ1) is 30.3. The van der Waals surface area contributed by atoms with Crippen molar-refractivity contribution in [3.63, 3.8) is 0 Å². The number of piperidine rings is 1. The minimum absolute atomic E-state index is 0.117. The van der Waals surface area contributed by atoms with Crippen molar-refractivity contribution in [2.75, 3.05) is 26.2 Å². The highest BCUT2D eigenvalue weighted by atomic mass is 35.5. The van der Waals surface area contributed by atoms with E-state index in [1.54, 1.807) is 29.8 Å². The van der Waals surface area contributed by atoms with Crippen molar-refractivity contribution in [2.45, 2.75) is 58.7 Å². The number of terminal acetylenes is 2. The van der Waals surface area contributed by atoms with E-state index in [9.17, 15) is 9.59 Å². The molecule has 1 aliphatic heterocycles. The average Bonchev–Trinajstić information content (AvgIpc) is 2.92. The Morgan fingerprint density at radius 1 is 1.07 bits per heavy atom. The molecular formula is C33H38ClN4O3+. The van der Waals surface area contributed by atoms with Gasteiger partial charge in [0.1, 0.15) is 36.7 Å². The molecule has 1 fully saturated rings. The highest BCUT2D eigenvalue weighted by Gasteiger charge is 2.31. The maximum atomic E-state index is 13.5. The van der Waals surface area contributed by atoms with Crippen LogP contribution >= 0.6 is 11.6 Å². The molecule has 0 amide bonds. The van der Waals surface area contributed by atoms with Gasteiger partial charge in [-0.1, -0.05) is 18.0 Å². The zero-order valence-electron chi connectivity index (χ0n) is 24.4. The van der Waals surface area contributed by atoms with Gasteiger partial charge in [0.05, 0.1) is 28.0 Å². The van der Waals surface area contributed by atoms with Gasteiger partial charge >= 0.3 is 5.97 Å². The maximum absolute atomic E-state index is 13.5. The van der Waals surface area contributed by atoms with Crippen LogP contribution in [0.25, 0.3) is 10.9 Å². The summed E-state index contributed by atoms with van der Waals surface area (Å²) in [6, 6.07) is 10.7. The topological polar surface area (TPSA) is 64.4 Å². The number of quaternary nitrogens is 1. The van der Waals surface area contributed by atoms with Crippen LogP contribution in [0.1, 0.15) is 61.8 Å². The first-order valence-corrected chi connectivity index (χ1v) is 14.3. The number of benzene rings is 2. The van der Waals surface area contributed by atoms with E-state index in [4.69, 9.17) is 34.2 Å². The molecule has 214 valence electrons. The van der Waals surface area contributed by atoms with Crippen LogP contribution in [-0.2, 0) is 24.9 Å². The van der Waals surface area contributed by atoms with E-state index < -0.39 is 11.6 Å². The lowest BCUT2D eigenvalue weighted by Crippen LogP contribution is -2.49. The molecule has 1 aromatic heterocycles. The van der Waals surface area contributed by atoms with Crippen LogP contribution in [0.3, 0.4) is 0 Å². The van der Waals surface area contributed by atoms with Gasteiger partial charge in [-0.3, -0.25) is 18.7 Å². The van der Waals surface area contributed by atoms with E-state index in [1.807, 2.05) is 39.0 Å². The predicted molar refractivity (Wildman–Crippen MR) is 166 cm³/mol. The molecule has 1 aliphatic rings. The number of carbonyl (C=O) groups is 1. The van der Waals surface area contributed by atoms with Crippen molar-refractivity contribution in [2.24, 2.45) is 7.05 Å². The van der Waals surface area contributed by atoms with Gasteiger partial charge in [0.15, 0.2) is 0 Å². The molecule has 41 heavy (non-hydrogen) atoms. The van der Waals surface area contributed by atoms with E-state index in [2.05, 4.69) is 16.7 Å². The molecule has 4 rings (SSSR count). The van der Waals surface area contributed by atoms with Gasteiger partial charge in [0.25, 0.3) is 5.56 Å². The minimum Gasteiger partial charge on any atom is -0.456 e. The number of ether oxygens (including phenoxy) is 1. The summed E-state index contributed by atoms with van der Waals surface area (Å²) >= 11 is 6.83. The van der Waals surface area contributed by atoms with Crippen LogP contribution in [-0.4, -0.2) is 52.2 Å².